The topological polar surface area (TPSA) is 30.5 Å². The molecular weight excluding hydrogens is 488 g/mol. The molecular formula is C22H18Cl5NO2. The molecule has 0 atom stereocenters. The van der Waals surface area contributed by atoms with Gasteiger partial charge in [0.1, 0.15) is 6.61 Å². The van der Waals surface area contributed by atoms with Crippen molar-refractivity contribution >= 4 is 63.7 Å². The van der Waals surface area contributed by atoms with Crippen LogP contribution in [0.3, 0.4) is 0 Å². The summed E-state index contributed by atoms with van der Waals surface area (Å²) in [5.41, 5.74) is 2.64. The van der Waals surface area contributed by atoms with Gasteiger partial charge < -0.3 is 14.8 Å². The minimum absolute atomic E-state index is 0.275. The molecule has 0 fully saturated rings. The SMILES string of the molecule is CCOc1cc(CNc2ccc(Cl)c(Cl)c2)cc(Cl)c1OCc1ccc(Cl)c(Cl)c1. The highest BCUT2D eigenvalue weighted by molar-refractivity contribution is 6.42. The second kappa shape index (κ2) is 10.7. The molecule has 0 saturated heterocycles. The first kappa shape index (κ1) is 23.2. The number of hydrogen-bond donors (Lipinski definition) is 1. The molecule has 0 heterocycles. The molecule has 158 valence electrons. The van der Waals surface area contributed by atoms with Gasteiger partial charge in [-0.15, -0.1) is 0 Å². The van der Waals surface area contributed by atoms with Gasteiger partial charge in [-0.1, -0.05) is 64.1 Å². The Hall–Kier alpha value is -1.49. The molecule has 0 spiro atoms. The van der Waals surface area contributed by atoms with Crippen LogP contribution in [0.25, 0.3) is 0 Å². The molecule has 0 saturated carbocycles. The van der Waals surface area contributed by atoms with Gasteiger partial charge in [0.2, 0.25) is 0 Å². The Kier molecular flexibility index (Phi) is 8.27. The van der Waals surface area contributed by atoms with E-state index in [1.807, 2.05) is 31.2 Å². The molecule has 3 aromatic carbocycles. The van der Waals surface area contributed by atoms with Crippen LogP contribution >= 0.6 is 58.0 Å². The molecule has 0 aromatic heterocycles. The summed E-state index contributed by atoms with van der Waals surface area (Å²) in [4.78, 5) is 0. The summed E-state index contributed by atoms with van der Waals surface area (Å²) in [5, 5.41) is 5.70. The summed E-state index contributed by atoms with van der Waals surface area (Å²) in [7, 11) is 0. The van der Waals surface area contributed by atoms with Crippen molar-refractivity contribution in [3.63, 3.8) is 0 Å². The van der Waals surface area contributed by atoms with Gasteiger partial charge >= 0.3 is 0 Å². The van der Waals surface area contributed by atoms with E-state index >= 15 is 0 Å². The highest BCUT2D eigenvalue weighted by atomic mass is 35.5. The van der Waals surface area contributed by atoms with Crippen LogP contribution in [0.4, 0.5) is 5.69 Å². The van der Waals surface area contributed by atoms with Crippen LogP contribution < -0.4 is 14.8 Å². The van der Waals surface area contributed by atoms with Gasteiger partial charge in [-0.05, 0) is 60.5 Å². The van der Waals surface area contributed by atoms with Gasteiger partial charge in [0, 0.05) is 12.2 Å². The summed E-state index contributed by atoms with van der Waals surface area (Å²) < 4.78 is 11.7. The van der Waals surface area contributed by atoms with E-state index < -0.39 is 0 Å². The van der Waals surface area contributed by atoms with Crippen LogP contribution in [0.15, 0.2) is 48.5 Å². The first-order valence-electron chi connectivity index (χ1n) is 9.08. The van der Waals surface area contributed by atoms with Gasteiger partial charge in [-0.2, -0.15) is 0 Å². The van der Waals surface area contributed by atoms with Crippen LogP contribution in [0.5, 0.6) is 11.5 Å². The average molecular weight is 506 g/mol. The molecule has 0 amide bonds. The van der Waals surface area contributed by atoms with E-state index in [0.717, 1.165) is 16.8 Å². The Morgan fingerprint density at radius 3 is 2.03 bits per heavy atom. The summed E-state index contributed by atoms with van der Waals surface area (Å²) in [5.74, 6) is 1.04. The molecule has 0 aliphatic rings. The van der Waals surface area contributed by atoms with Crippen molar-refractivity contribution in [2.24, 2.45) is 0 Å². The zero-order valence-electron chi connectivity index (χ0n) is 15.9. The average Bonchev–Trinajstić information content (AvgIpc) is 2.71. The van der Waals surface area contributed by atoms with Gasteiger partial charge in [0.05, 0.1) is 31.7 Å². The molecule has 30 heavy (non-hydrogen) atoms. The summed E-state index contributed by atoms with van der Waals surface area (Å²) in [6.45, 7) is 3.17. The maximum absolute atomic E-state index is 6.50. The van der Waals surface area contributed by atoms with E-state index in [1.54, 1.807) is 24.3 Å². The van der Waals surface area contributed by atoms with Gasteiger partial charge in [0.15, 0.2) is 11.5 Å². The van der Waals surface area contributed by atoms with Crippen molar-refractivity contribution in [1.82, 2.24) is 0 Å². The van der Waals surface area contributed by atoms with Crippen LogP contribution in [-0.4, -0.2) is 6.61 Å². The molecule has 3 nitrogen and oxygen atoms in total. The van der Waals surface area contributed by atoms with Crippen molar-refractivity contribution in [3.8, 4) is 11.5 Å². The fraction of sp³-hybridized carbons (Fsp3) is 0.182. The molecule has 0 aliphatic carbocycles. The minimum Gasteiger partial charge on any atom is -0.490 e. The summed E-state index contributed by atoms with van der Waals surface area (Å²) >= 11 is 30.6. The third kappa shape index (κ3) is 6.03. The number of nitrogens with one attached hydrogen (secondary N) is 1. The van der Waals surface area contributed by atoms with E-state index in [4.69, 9.17) is 67.5 Å². The van der Waals surface area contributed by atoms with Crippen molar-refractivity contribution in [3.05, 3.63) is 84.8 Å². The third-order valence-corrected chi connectivity index (χ3v) is 5.91. The Balaban J connectivity index is 1.75. The lowest BCUT2D eigenvalue weighted by molar-refractivity contribution is 0.269. The fourth-order valence-electron chi connectivity index (χ4n) is 2.72. The van der Waals surface area contributed by atoms with Crippen molar-refractivity contribution in [1.29, 1.82) is 0 Å². The second-order valence-corrected chi connectivity index (χ2v) is 8.39. The van der Waals surface area contributed by atoms with Crippen LogP contribution in [0, 0.1) is 0 Å². The van der Waals surface area contributed by atoms with E-state index in [0.29, 0.717) is 49.8 Å². The second-order valence-electron chi connectivity index (χ2n) is 6.36. The Bertz CT molecular complexity index is 1040. The molecule has 0 radical (unpaired) electrons. The minimum atomic E-state index is 0.275. The van der Waals surface area contributed by atoms with E-state index in [2.05, 4.69) is 5.32 Å². The smallest absolute Gasteiger partial charge is 0.180 e. The molecule has 0 bridgehead atoms. The Labute approximate surface area is 200 Å². The van der Waals surface area contributed by atoms with Crippen molar-refractivity contribution in [2.75, 3.05) is 11.9 Å². The zero-order valence-corrected chi connectivity index (χ0v) is 19.7. The number of benzene rings is 3. The van der Waals surface area contributed by atoms with Crippen LogP contribution in [-0.2, 0) is 13.2 Å². The largest absolute Gasteiger partial charge is 0.490 e. The van der Waals surface area contributed by atoms with Crippen molar-refractivity contribution in [2.45, 2.75) is 20.1 Å². The maximum Gasteiger partial charge on any atom is 0.180 e. The molecule has 1 N–H and O–H groups in total. The molecule has 0 unspecified atom stereocenters. The van der Waals surface area contributed by atoms with Gasteiger partial charge in [0.25, 0.3) is 0 Å². The predicted molar refractivity (Wildman–Crippen MR) is 127 cm³/mol. The van der Waals surface area contributed by atoms with E-state index in [9.17, 15) is 0 Å². The number of hydrogen-bond acceptors (Lipinski definition) is 3. The number of rotatable bonds is 8. The highest BCUT2D eigenvalue weighted by Crippen LogP contribution is 2.38. The number of anilines is 1. The monoisotopic (exact) mass is 503 g/mol. The predicted octanol–water partition coefficient (Wildman–Crippen LogP) is 8.54. The van der Waals surface area contributed by atoms with E-state index in [1.165, 1.54) is 0 Å². The van der Waals surface area contributed by atoms with Gasteiger partial charge in [-0.3, -0.25) is 0 Å². The standard InChI is InChI=1S/C22H18Cl5NO2/c1-2-29-21-9-14(11-28-15-4-6-17(24)19(26)10-15)8-20(27)22(21)30-12-13-3-5-16(23)18(25)7-13/h3-10,28H,2,11-12H2,1H3. The van der Waals surface area contributed by atoms with Crippen molar-refractivity contribution < 1.29 is 9.47 Å². The quantitative estimate of drug-likeness (QED) is 0.333. The molecule has 3 aromatic rings. The number of halogens is 5. The summed E-state index contributed by atoms with van der Waals surface area (Å²) in [6.07, 6.45) is 0. The Morgan fingerprint density at radius 1 is 0.700 bits per heavy atom. The van der Waals surface area contributed by atoms with Gasteiger partial charge in [-0.25, -0.2) is 0 Å². The van der Waals surface area contributed by atoms with Crippen LogP contribution in [0.2, 0.25) is 25.1 Å². The summed E-state index contributed by atoms with van der Waals surface area (Å²) in [6, 6.07) is 14.4. The molecule has 0 aliphatic heterocycles. The lowest BCUT2D eigenvalue weighted by Crippen LogP contribution is -2.04. The number of ether oxygens (including phenoxy) is 2. The maximum atomic E-state index is 6.50. The zero-order chi connectivity index (χ0) is 21.7. The molecule has 8 heteroatoms. The van der Waals surface area contributed by atoms with E-state index in [-0.39, 0.29) is 6.61 Å². The first-order chi connectivity index (χ1) is 14.4. The normalized spacial score (nSPS) is 10.7. The van der Waals surface area contributed by atoms with Crippen LogP contribution in [0.1, 0.15) is 18.1 Å². The lowest BCUT2D eigenvalue weighted by atomic mass is 10.2. The molecule has 3 rings (SSSR count). The highest BCUT2D eigenvalue weighted by Gasteiger charge is 2.14. The third-order valence-electron chi connectivity index (χ3n) is 4.15. The Morgan fingerprint density at radius 2 is 1.37 bits per heavy atom. The lowest BCUT2D eigenvalue weighted by Gasteiger charge is -2.16. The fourth-order valence-corrected chi connectivity index (χ4v) is 3.63. The first-order valence-corrected chi connectivity index (χ1v) is 11.0.